The van der Waals surface area contributed by atoms with Crippen LogP contribution >= 0.6 is 0 Å². The van der Waals surface area contributed by atoms with Crippen molar-refractivity contribution in [3.8, 4) is 5.75 Å². The van der Waals surface area contributed by atoms with Crippen molar-refractivity contribution in [2.45, 2.75) is 45.1 Å². The zero-order chi connectivity index (χ0) is 16.8. The number of nitrogens with zero attached hydrogens (tertiary/aromatic N) is 1. The van der Waals surface area contributed by atoms with Crippen LogP contribution < -0.4 is 10.8 Å². The Morgan fingerprint density at radius 2 is 1.96 bits per heavy atom. The van der Waals surface area contributed by atoms with Crippen molar-refractivity contribution in [1.82, 2.24) is 10.5 Å². The lowest BCUT2D eigenvalue weighted by molar-refractivity contribution is -0.117. The summed E-state index contributed by atoms with van der Waals surface area (Å²) in [5.74, 6) is -1.44. The van der Waals surface area contributed by atoms with E-state index >= 15 is 0 Å². The number of aromatic hydroxyl groups is 1. The molecule has 0 saturated heterocycles. The highest BCUT2D eigenvalue weighted by molar-refractivity contribution is 5.97. The maximum Gasteiger partial charge on any atom is 0.297 e. The molecule has 1 aromatic heterocycles. The molecule has 0 radical (unpaired) electrons. The van der Waals surface area contributed by atoms with Crippen molar-refractivity contribution in [2.24, 2.45) is 5.92 Å². The summed E-state index contributed by atoms with van der Waals surface area (Å²) in [6, 6.07) is 0. The zero-order valence-electron chi connectivity index (χ0n) is 12.7. The molecule has 23 heavy (non-hydrogen) atoms. The highest BCUT2D eigenvalue weighted by Gasteiger charge is 2.21. The molecule has 0 aliphatic heterocycles. The first-order valence-electron chi connectivity index (χ1n) is 7.62. The largest absolute Gasteiger partial charge is 0.505 e. The minimum absolute atomic E-state index is 0.0180. The Balaban J connectivity index is 2.11. The number of aliphatic hydroxyl groups excluding tert-OH is 1. The Kier molecular flexibility index (Phi) is 5.89. The molecular weight excluding hydrogens is 302 g/mol. The summed E-state index contributed by atoms with van der Waals surface area (Å²) in [6.45, 7) is -0.584. The molecule has 0 aromatic carbocycles. The molecule has 0 atom stereocenters. The summed E-state index contributed by atoms with van der Waals surface area (Å²) in [4.78, 5) is 27.2. The maximum absolute atomic E-state index is 12.1. The number of nitrogens with one attached hydrogen (secondary N) is 2. The van der Waals surface area contributed by atoms with Crippen LogP contribution in [0.1, 0.15) is 54.6 Å². The Morgan fingerprint density at radius 1 is 1.26 bits per heavy atom. The van der Waals surface area contributed by atoms with Crippen molar-refractivity contribution in [1.29, 1.82) is 0 Å². The Bertz CT molecular complexity index is 585. The van der Waals surface area contributed by atoms with Crippen LogP contribution in [0.4, 0.5) is 5.69 Å². The first-order valence-corrected chi connectivity index (χ1v) is 7.62. The molecule has 0 spiro atoms. The number of hydrogen-bond donors (Lipinski definition) is 5. The average molecular weight is 323 g/mol. The second-order valence-corrected chi connectivity index (χ2v) is 5.70. The molecule has 1 heterocycles. The number of anilines is 1. The third-order valence-corrected chi connectivity index (χ3v) is 4.11. The SMILES string of the molecule is O=C(CC1CCCCC1)Nc1cnc(C(=O)NO)c(O)c1CO. The van der Waals surface area contributed by atoms with Gasteiger partial charge in [-0.15, -0.1) is 0 Å². The van der Waals surface area contributed by atoms with Gasteiger partial charge < -0.3 is 15.5 Å². The molecule has 2 amide bonds. The van der Waals surface area contributed by atoms with Crippen LogP contribution in [0.2, 0.25) is 0 Å². The molecule has 8 heteroatoms. The lowest BCUT2D eigenvalue weighted by Gasteiger charge is -2.21. The Hall–Kier alpha value is -2.19. The van der Waals surface area contributed by atoms with Gasteiger partial charge in [-0.25, -0.2) is 10.5 Å². The molecule has 1 saturated carbocycles. The summed E-state index contributed by atoms with van der Waals surface area (Å²) >= 11 is 0. The van der Waals surface area contributed by atoms with E-state index < -0.39 is 24.0 Å². The van der Waals surface area contributed by atoms with Crippen molar-refractivity contribution in [3.63, 3.8) is 0 Å². The van der Waals surface area contributed by atoms with Gasteiger partial charge in [0, 0.05) is 12.0 Å². The van der Waals surface area contributed by atoms with Gasteiger partial charge >= 0.3 is 0 Å². The molecule has 1 aromatic rings. The minimum Gasteiger partial charge on any atom is -0.505 e. The van der Waals surface area contributed by atoms with E-state index in [9.17, 15) is 19.8 Å². The number of carbonyl (C=O) groups is 2. The second kappa shape index (κ2) is 7.89. The second-order valence-electron chi connectivity index (χ2n) is 5.70. The molecule has 1 aliphatic carbocycles. The van der Waals surface area contributed by atoms with E-state index in [0.717, 1.165) is 25.7 Å². The van der Waals surface area contributed by atoms with Gasteiger partial charge in [-0.1, -0.05) is 19.3 Å². The van der Waals surface area contributed by atoms with Gasteiger partial charge in [0.25, 0.3) is 5.91 Å². The number of rotatable bonds is 5. The standard InChI is InChI=1S/C15H21N3O5/c19-8-10-11(7-16-13(14(10)21)15(22)18-23)17-12(20)6-9-4-2-1-3-5-9/h7,9,19,21,23H,1-6,8H2,(H,17,20)(H,18,22). The van der Waals surface area contributed by atoms with Gasteiger partial charge in [-0.05, 0) is 18.8 Å². The van der Waals surface area contributed by atoms with E-state index in [1.54, 1.807) is 0 Å². The first kappa shape index (κ1) is 17.2. The quantitative estimate of drug-likeness (QED) is 0.410. The highest BCUT2D eigenvalue weighted by Crippen LogP contribution is 2.30. The number of hydrogen-bond acceptors (Lipinski definition) is 6. The molecule has 1 aliphatic rings. The summed E-state index contributed by atoms with van der Waals surface area (Å²) in [5, 5.41) is 30.5. The molecule has 126 valence electrons. The van der Waals surface area contributed by atoms with E-state index in [-0.39, 0.29) is 17.2 Å². The predicted molar refractivity (Wildman–Crippen MR) is 80.9 cm³/mol. The molecule has 1 fully saturated rings. The average Bonchev–Trinajstić information content (AvgIpc) is 2.55. The number of carbonyl (C=O) groups excluding carboxylic acids is 2. The fourth-order valence-electron chi connectivity index (χ4n) is 2.88. The van der Waals surface area contributed by atoms with E-state index in [0.29, 0.717) is 12.3 Å². The molecule has 0 bridgehead atoms. The minimum atomic E-state index is -1.00. The third-order valence-electron chi connectivity index (χ3n) is 4.11. The van der Waals surface area contributed by atoms with Crippen LogP contribution in [0.25, 0.3) is 0 Å². The number of aromatic nitrogens is 1. The lowest BCUT2D eigenvalue weighted by Crippen LogP contribution is -2.22. The smallest absolute Gasteiger partial charge is 0.297 e. The number of aliphatic hydroxyl groups is 1. The molecule has 5 N–H and O–H groups in total. The van der Waals surface area contributed by atoms with Crippen molar-refractivity contribution in [3.05, 3.63) is 17.5 Å². The van der Waals surface area contributed by atoms with Gasteiger partial charge in [0.15, 0.2) is 11.4 Å². The molecule has 8 nitrogen and oxygen atoms in total. The molecule has 2 rings (SSSR count). The third kappa shape index (κ3) is 4.17. The Labute approximate surface area is 133 Å². The monoisotopic (exact) mass is 323 g/mol. The van der Waals surface area contributed by atoms with Gasteiger partial charge in [0.1, 0.15) is 0 Å². The van der Waals surface area contributed by atoms with Crippen LogP contribution in [-0.2, 0) is 11.4 Å². The zero-order valence-corrected chi connectivity index (χ0v) is 12.7. The predicted octanol–water partition coefficient (Wildman–Crippen LogP) is 1.31. The molecule has 0 unspecified atom stereocenters. The summed E-state index contributed by atoms with van der Waals surface area (Å²) in [6.07, 6.45) is 7.08. The van der Waals surface area contributed by atoms with Crippen LogP contribution in [0.15, 0.2) is 6.20 Å². The van der Waals surface area contributed by atoms with E-state index in [1.807, 2.05) is 0 Å². The fraction of sp³-hybridized carbons (Fsp3) is 0.533. The number of pyridine rings is 1. The van der Waals surface area contributed by atoms with Gasteiger partial charge in [-0.3, -0.25) is 14.8 Å². The maximum atomic E-state index is 12.1. The van der Waals surface area contributed by atoms with Crippen molar-refractivity contribution >= 4 is 17.5 Å². The normalized spacial score (nSPS) is 15.2. The van der Waals surface area contributed by atoms with E-state index in [4.69, 9.17) is 5.21 Å². The summed E-state index contributed by atoms with van der Waals surface area (Å²) < 4.78 is 0. The highest BCUT2D eigenvalue weighted by atomic mass is 16.5. The van der Waals surface area contributed by atoms with Crippen LogP contribution in [0.5, 0.6) is 5.75 Å². The number of hydroxylamine groups is 1. The summed E-state index contributed by atoms with van der Waals surface area (Å²) in [7, 11) is 0. The van der Waals surface area contributed by atoms with Gasteiger partial charge in [0.2, 0.25) is 5.91 Å². The Morgan fingerprint density at radius 3 is 2.57 bits per heavy atom. The summed E-state index contributed by atoms with van der Waals surface area (Å²) in [5.41, 5.74) is 1.06. The lowest BCUT2D eigenvalue weighted by atomic mass is 9.87. The van der Waals surface area contributed by atoms with Crippen molar-refractivity contribution in [2.75, 3.05) is 5.32 Å². The fourth-order valence-corrected chi connectivity index (χ4v) is 2.88. The van der Waals surface area contributed by atoms with E-state index in [2.05, 4.69) is 10.3 Å². The van der Waals surface area contributed by atoms with E-state index in [1.165, 1.54) is 18.1 Å². The molecular formula is C15H21N3O5. The van der Waals surface area contributed by atoms with Gasteiger partial charge in [-0.2, -0.15) is 0 Å². The van der Waals surface area contributed by atoms with Gasteiger partial charge in [0.05, 0.1) is 18.5 Å². The van der Waals surface area contributed by atoms with Crippen molar-refractivity contribution < 1.29 is 25.0 Å². The van der Waals surface area contributed by atoms with Crippen LogP contribution in [0.3, 0.4) is 0 Å². The van der Waals surface area contributed by atoms with Crippen LogP contribution in [0, 0.1) is 5.92 Å². The van der Waals surface area contributed by atoms with Crippen LogP contribution in [-0.4, -0.2) is 32.2 Å². The first-order chi connectivity index (χ1) is 11.1. The number of amides is 2. The topological polar surface area (TPSA) is 132 Å².